The highest BCUT2D eigenvalue weighted by Gasteiger charge is 2.31. The molecule has 1 aromatic rings. The molecule has 0 aromatic carbocycles. The second-order valence-corrected chi connectivity index (χ2v) is 8.64. The van der Waals surface area contributed by atoms with Crippen molar-refractivity contribution in [3.05, 3.63) is 18.2 Å². The summed E-state index contributed by atoms with van der Waals surface area (Å²) in [5, 5.41) is 25.1. The van der Waals surface area contributed by atoms with E-state index in [1.807, 2.05) is 13.8 Å². The molecule has 200 valence electrons. The molecular formula is C21H33N7O8. The first-order valence-electron chi connectivity index (χ1n) is 11.2. The van der Waals surface area contributed by atoms with Crippen LogP contribution >= 0.6 is 0 Å². The summed E-state index contributed by atoms with van der Waals surface area (Å²) in [7, 11) is 0. The molecule has 1 aromatic heterocycles. The normalized spacial score (nSPS) is 14.2. The number of nitrogens with one attached hydrogen (secondary N) is 4. The molecule has 4 unspecified atom stereocenters. The number of rotatable bonds is 16. The molecule has 10 N–H and O–H groups in total. The first kappa shape index (κ1) is 30.0. The topological polar surface area (TPSA) is 260 Å². The van der Waals surface area contributed by atoms with Crippen molar-refractivity contribution in [2.24, 2.45) is 17.4 Å². The number of H-pyrrole nitrogens is 1. The lowest BCUT2D eigenvalue weighted by Crippen LogP contribution is -2.58. The van der Waals surface area contributed by atoms with E-state index in [0.717, 1.165) is 0 Å². The Labute approximate surface area is 206 Å². The van der Waals surface area contributed by atoms with Crippen molar-refractivity contribution in [3.8, 4) is 0 Å². The first-order chi connectivity index (χ1) is 16.8. The Hall–Kier alpha value is -4.01. The maximum atomic E-state index is 13.0. The molecule has 0 radical (unpaired) electrons. The predicted molar refractivity (Wildman–Crippen MR) is 124 cm³/mol. The van der Waals surface area contributed by atoms with Crippen molar-refractivity contribution in [2.45, 2.75) is 70.1 Å². The van der Waals surface area contributed by atoms with Gasteiger partial charge in [0, 0.05) is 24.7 Å². The number of aromatic nitrogens is 2. The van der Waals surface area contributed by atoms with Crippen LogP contribution < -0.4 is 27.4 Å². The van der Waals surface area contributed by atoms with E-state index < -0.39 is 79.0 Å². The highest BCUT2D eigenvalue weighted by molar-refractivity contribution is 5.96. The minimum atomic E-state index is -1.54. The number of aromatic amines is 1. The molecule has 0 saturated carbocycles. The molecule has 15 nitrogen and oxygen atoms in total. The van der Waals surface area contributed by atoms with Crippen molar-refractivity contribution in [1.29, 1.82) is 0 Å². The van der Waals surface area contributed by atoms with Crippen LogP contribution in [0.5, 0.6) is 0 Å². The minimum absolute atomic E-state index is 0.0833. The number of carbonyl (C=O) groups is 6. The summed E-state index contributed by atoms with van der Waals surface area (Å²) in [4.78, 5) is 78.6. The second kappa shape index (κ2) is 14.4. The Morgan fingerprint density at radius 1 is 0.972 bits per heavy atom. The van der Waals surface area contributed by atoms with Crippen molar-refractivity contribution in [1.82, 2.24) is 25.9 Å². The average Bonchev–Trinajstić information content (AvgIpc) is 3.27. The predicted octanol–water partition coefficient (Wildman–Crippen LogP) is -2.40. The van der Waals surface area contributed by atoms with Gasteiger partial charge in [0.15, 0.2) is 0 Å². The van der Waals surface area contributed by atoms with Crippen LogP contribution in [0.15, 0.2) is 12.5 Å². The molecule has 1 rings (SSSR count). The summed E-state index contributed by atoms with van der Waals surface area (Å²) in [5.41, 5.74) is 11.5. The monoisotopic (exact) mass is 511 g/mol. The van der Waals surface area contributed by atoms with E-state index in [1.54, 1.807) is 0 Å². The molecule has 0 fully saturated rings. The van der Waals surface area contributed by atoms with Gasteiger partial charge in [-0.15, -0.1) is 0 Å². The lowest BCUT2D eigenvalue weighted by Gasteiger charge is -2.24. The second-order valence-electron chi connectivity index (χ2n) is 8.64. The van der Waals surface area contributed by atoms with Gasteiger partial charge in [-0.2, -0.15) is 0 Å². The molecule has 0 saturated heterocycles. The van der Waals surface area contributed by atoms with Crippen molar-refractivity contribution in [2.75, 3.05) is 0 Å². The van der Waals surface area contributed by atoms with Gasteiger partial charge in [0.25, 0.3) is 0 Å². The highest BCUT2D eigenvalue weighted by Crippen LogP contribution is 2.06. The van der Waals surface area contributed by atoms with E-state index in [1.165, 1.54) is 12.5 Å². The van der Waals surface area contributed by atoms with Crippen LogP contribution in [0.4, 0.5) is 0 Å². The van der Waals surface area contributed by atoms with Gasteiger partial charge in [-0.1, -0.05) is 13.8 Å². The zero-order chi connectivity index (χ0) is 27.4. The van der Waals surface area contributed by atoms with Crippen LogP contribution in [0, 0.1) is 5.92 Å². The number of hydrogen-bond acceptors (Lipinski definition) is 8. The number of primary amides is 1. The van der Waals surface area contributed by atoms with Crippen molar-refractivity contribution in [3.63, 3.8) is 0 Å². The summed E-state index contributed by atoms with van der Waals surface area (Å²) >= 11 is 0. The van der Waals surface area contributed by atoms with Crippen LogP contribution in [-0.2, 0) is 35.2 Å². The van der Waals surface area contributed by atoms with E-state index in [-0.39, 0.29) is 12.3 Å². The molecular weight excluding hydrogens is 478 g/mol. The zero-order valence-corrected chi connectivity index (χ0v) is 20.0. The van der Waals surface area contributed by atoms with E-state index in [0.29, 0.717) is 12.1 Å². The molecule has 4 atom stereocenters. The summed E-state index contributed by atoms with van der Waals surface area (Å²) in [6, 6.07) is -5.32. The highest BCUT2D eigenvalue weighted by atomic mass is 16.4. The SMILES string of the molecule is CC(C)CC(N)C(=O)NC(CC(N)=O)C(=O)NC(Cc1cnc[nH]1)C(=O)NC(CCC(=O)O)C(=O)O. The third-order valence-electron chi connectivity index (χ3n) is 4.97. The Morgan fingerprint density at radius 3 is 2.06 bits per heavy atom. The quantitative estimate of drug-likeness (QED) is 0.117. The molecule has 4 amide bonds. The van der Waals surface area contributed by atoms with Gasteiger partial charge in [-0.3, -0.25) is 24.0 Å². The maximum Gasteiger partial charge on any atom is 0.326 e. The molecule has 0 spiro atoms. The summed E-state index contributed by atoms with van der Waals surface area (Å²) < 4.78 is 0. The number of carbonyl (C=O) groups excluding carboxylic acids is 4. The lowest BCUT2D eigenvalue weighted by molar-refractivity contribution is -0.143. The smallest absolute Gasteiger partial charge is 0.326 e. The summed E-state index contributed by atoms with van der Waals surface area (Å²) in [5.74, 6) is -6.10. The molecule has 15 heteroatoms. The fourth-order valence-corrected chi connectivity index (χ4v) is 3.20. The largest absolute Gasteiger partial charge is 0.481 e. The van der Waals surface area contributed by atoms with Gasteiger partial charge < -0.3 is 42.6 Å². The number of imidazole rings is 1. The Balaban J connectivity index is 3.07. The average molecular weight is 512 g/mol. The summed E-state index contributed by atoms with van der Waals surface area (Å²) in [6.07, 6.45) is 1.36. The number of hydrogen-bond donors (Lipinski definition) is 8. The van der Waals surface area contributed by atoms with Crippen LogP contribution in [0.2, 0.25) is 0 Å². The Bertz CT molecular complexity index is 935. The van der Waals surface area contributed by atoms with E-state index in [4.69, 9.17) is 16.6 Å². The van der Waals surface area contributed by atoms with Crippen LogP contribution in [0.1, 0.15) is 45.2 Å². The van der Waals surface area contributed by atoms with Crippen molar-refractivity contribution < 1.29 is 39.0 Å². The van der Waals surface area contributed by atoms with E-state index >= 15 is 0 Å². The Kier molecular flexibility index (Phi) is 12.0. The lowest BCUT2D eigenvalue weighted by atomic mass is 10.0. The van der Waals surface area contributed by atoms with Gasteiger partial charge >= 0.3 is 11.9 Å². The van der Waals surface area contributed by atoms with Crippen LogP contribution in [0.25, 0.3) is 0 Å². The van der Waals surface area contributed by atoms with E-state index in [9.17, 15) is 33.9 Å². The Morgan fingerprint density at radius 2 is 1.56 bits per heavy atom. The van der Waals surface area contributed by atoms with Gasteiger partial charge in [0.2, 0.25) is 23.6 Å². The molecule has 0 bridgehead atoms. The molecule has 0 aliphatic carbocycles. The number of amides is 4. The number of carboxylic acids is 2. The third-order valence-corrected chi connectivity index (χ3v) is 4.97. The molecule has 1 heterocycles. The fraction of sp³-hybridized carbons (Fsp3) is 0.571. The number of nitrogens with zero attached hydrogens (tertiary/aromatic N) is 1. The maximum absolute atomic E-state index is 13.0. The van der Waals surface area contributed by atoms with Crippen LogP contribution in [0.3, 0.4) is 0 Å². The third kappa shape index (κ3) is 10.9. The van der Waals surface area contributed by atoms with Gasteiger partial charge in [-0.05, 0) is 18.8 Å². The molecule has 0 aliphatic rings. The van der Waals surface area contributed by atoms with Gasteiger partial charge in [0.1, 0.15) is 18.1 Å². The number of aliphatic carboxylic acids is 2. The zero-order valence-electron chi connectivity index (χ0n) is 20.0. The van der Waals surface area contributed by atoms with E-state index in [2.05, 4.69) is 25.9 Å². The fourth-order valence-electron chi connectivity index (χ4n) is 3.20. The van der Waals surface area contributed by atoms with Gasteiger partial charge in [-0.25, -0.2) is 9.78 Å². The minimum Gasteiger partial charge on any atom is -0.481 e. The standard InChI is InChI=1S/C21H33N7O8/c1-10(2)5-12(22)18(32)27-15(7-16(23)29)20(34)28-14(6-11-8-24-9-25-11)19(33)26-13(21(35)36)3-4-17(30)31/h8-10,12-15H,3-7,22H2,1-2H3,(H2,23,29)(H,24,25)(H,26,33)(H,27,32)(H,28,34)(H,30,31)(H,35,36). The first-order valence-corrected chi connectivity index (χ1v) is 11.2. The summed E-state index contributed by atoms with van der Waals surface area (Å²) in [6.45, 7) is 3.69. The molecule has 36 heavy (non-hydrogen) atoms. The van der Waals surface area contributed by atoms with Crippen LogP contribution in [-0.4, -0.2) is 79.9 Å². The number of carboxylic acid groups (broad SMARTS) is 2. The molecule has 0 aliphatic heterocycles. The van der Waals surface area contributed by atoms with Crippen molar-refractivity contribution >= 4 is 35.6 Å². The number of nitrogens with two attached hydrogens (primary N) is 2. The van der Waals surface area contributed by atoms with Gasteiger partial charge in [0.05, 0.1) is 18.8 Å².